The molecule has 0 aromatic carbocycles. The minimum atomic E-state index is -0.556. The molecular formula is C10H15NO5. The van der Waals surface area contributed by atoms with E-state index in [1.54, 1.807) is 0 Å². The molecule has 0 radical (unpaired) electrons. The first kappa shape index (κ1) is 14.2. The predicted octanol–water partition coefficient (Wildman–Crippen LogP) is 0.421. The van der Waals surface area contributed by atoms with Crippen LogP contribution in [0.3, 0.4) is 0 Å². The molecule has 16 heavy (non-hydrogen) atoms. The van der Waals surface area contributed by atoms with Crippen LogP contribution < -0.4 is 5.32 Å². The molecule has 90 valence electrons. The van der Waals surface area contributed by atoms with Crippen molar-refractivity contribution < 1.29 is 23.9 Å². The second-order valence-electron chi connectivity index (χ2n) is 2.76. The van der Waals surface area contributed by atoms with Crippen LogP contribution in [0.2, 0.25) is 0 Å². The quantitative estimate of drug-likeness (QED) is 0.296. The maximum absolute atomic E-state index is 10.8. The Hall–Kier alpha value is -1.85. The number of alkyl carbamates (subject to hydrolysis) is 1. The second-order valence-corrected chi connectivity index (χ2v) is 2.76. The van der Waals surface area contributed by atoms with Crippen LogP contribution in [0.5, 0.6) is 0 Å². The first-order valence-electron chi connectivity index (χ1n) is 4.83. The number of hydrogen-bond donors (Lipinski definition) is 1. The van der Waals surface area contributed by atoms with Crippen molar-refractivity contribution in [1.29, 1.82) is 0 Å². The molecule has 0 spiro atoms. The van der Waals surface area contributed by atoms with E-state index in [0.717, 1.165) is 12.2 Å². The van der Waals surface area contributed by atoms with E-state index in [9.17, 15) is 14.4 Å². The average Bonchev–Trinajstić information content (AvgIpc) is 2.30. The smallest absolute Gasteiger partial charge is 0.406 e. The number of esters is 1. The van der Waals surface area contributed by atoms with E-state index < -0.39 is 12.1 Å². The molecule has 0 aliphatic heterocycles. The Labute approximate surface area is 93.6 Å². The number of carbonyl (C=O) groups is 3. The summed E-state index contributed by atoms with van der Waals surface area (Å²) in [7, 11) is 1.48. The molecule has 0 unspecified atom stereocenters. The van der Waals surface area contributed by atoms with Gasteiger partial charge in [-0.25, -0.2) is 9.59 Å². The third kappa shape index (κ3) is 8.74. The molecule has 0 aromatic heterocycles. The van der Waals surface area contributed by atoms with Crippen LogP contribution in [-0.2, 0) is 19.1 Å². The highest BCUT2D eigenvalue weighted by Crippen LogP contribution is 1.92. The molecule has 0 aliphatic rings. The fourth-order valence-corrected chi connectivity index (χ4v) is 0.780. The summed E-state index contributed by atoms with van der Waals surface area (Å²) in [6.07, 6.45) is 3.34. The molecule has 0 bridgehead atoms. The Kier molecular flexibility index (Phi) is 8.57. The van der Waals surface area contributed by atoms with Gasteiger partial charge in [-0.2, -0.15) is 0 Å². The van der Waals surface area contributed by atoms with Crippen molar-refractivity contribution in [2.45, 2.75) is 12.8 Å². The lowest BCUT2D eigenvalue weighted by molar-refractivity contribution is -0.138. The molecule has 0 heterocycles. The maximum atomic E-state index is 10.8. The first-order valence-corrected chi connectivity index (χ1v) is 4.83. The Morgan fingerprint density at radius 3 is 2.38 bits per heavy atom. The molecule has 0 atom stereocenters. The van der Waals surface area contributed by atoms with Gasteiger partial charge in [0.2, 0.25) is 0 Å². The fourth-order valence-electron chi connectivity index (χ4n) is 0.780. The number of allylic oxidation sites excluding steroid dienone is 1. The standard InChI is InChI=1S/C10H15NO5/c1-11-10(14)16-8-3-2-7-15-9(13)5-4-6-12/h4-6H,2-3,7-8H2,1H3,(H,11,14). The lowest BCUT2D eigenvalue weighted by Crippen LogP contribution is -2.19. The molecule has 0 aromatic rings. The number of hydrogen-bond acceptors (Lipinski definition) is 5. The van der Waals surface area contributed by atoms with Gasteiger partial charge in [-0.3, -0.25) is 4.79 Å². The second kappa shape index (κ2) is 9.70. The highest BCUT2D eigenvalue weighted by molar-refractivity contribution is 5.86. The summed E-state index contributed by atoms with van der Waals surface area (Å²) in [5.74, 6) is -0.556. The normalized spacial score (nSPS) is 9.81. The van der Waals surface area contributed by atoms with Gasteiger partial charge in [-0.1, -0.05) is 0 Å². The van der Waals surface area contributed by atoms with Crippen molar-refractivity contribution in [3.8, 4) is 0 Å². The van der Waals surface area contributed by atoms with Crippen molar-refractivity contribution in [1.82, 2.24) is 5.32 Å². The molecule has 0 rings (SSSR count). The van der Waals surface area contributed by atoms with E-state index in [2.05, 4.69) is 5.32 Å². The van der Waals surface area contributed by atoms with Gasteiger partial charge in [-0.15, -0.1) is 0 Å². The summed E-state index contributed by atoms with van der Waals surface area (Å²) >= 11 is 0. The van der Waals surface area contributed by atoms with E-state index in [4.69, 9.17) is 9.47 Å². The van der Waals surface area contributed by atoms with Gasteiger partial charge in [-0.05, 0) is 18.9 Å². The number of unbranched alkanes of at least 4 members (excludes halogenated alkanes) is 1. The van der Waals surface area contributed by atoms with Crippen molar-refractivity contribution in [3.05, 3.63) is 12.2 Å². The molecule has 1 N–H and O–H groups in total. The number of nitrogens with one attached hydrogen (secondary N) is 1. The molecule has 0 aliphatic carbocycles. The third-order valence-corrected chi connectivity index (χ3v) is 1.53. The molecule has 0 saturated heterocycles. The number of rotatable bonds is 7. The highest BCUT2D eigenvalue weighted by Gasteiger charge is 1.98. The number of aldehydes is 1. The van der Waals surface area contributed by atoms with Crippen LogP contribution >= 0.6 is 0 Å². The van der Waals surface area contributed by atoms with Crippen molar-refractivity contribution in [3.63, 3.8) is 0 Å². The highest BCUT2D eigenvalue weighted by atomic mass is 16.5. The minimum Gasteiger partial charge on any atom is -0.463 e. The maximum Gasteiger partial charge on any atom is 0.406 e. The lowest BCUT2D eigenvalue weighted by Gasteiger charge is -2.03. The zero-order valence-corrected chi connectivity index (χ0v) is 9.10. The predicted molar refractivity (Wildman–Crippen MR) is 55.8 cm³/mol. The van der Waals surface area contributed by atoms with Gasteiger partial charge in [0, 0.05) is 13.1 Å². The monoisotopic (exact) mass is 229 g/mol. The fraction of sp³-hybridized carbons (Fsp3) is 0.500. The van der Waals surface area contributed by atoms with E-state index >= 15 is 0 Å². The van der Waals surface area contributed by atoms with Crippen LogP contribution in [0.1, 0.15) is 12.8 Å². The lowest BCUT2D eigenvalue weighted by atomic mass is 10.3. The number of ether oxygens (including phenoxy) is 2. The Morgan fingerprint density at radius 1 is 1.19 bits per heavy atom. The topological polar surface area (TPSA) is 81.7 Å². The van der Waals surface area contributed by atoms with Crippen LogP contribution in [0.15, 0.2) is 12.2 Å². The van der Waals surface area contributed by atoms with Crippen molar-refractivity contribution >= 4 is 18.3 Å². The summed E-state index contributed by atoms with van der Waals surface area (Å²) in [6, 6.07) is 0. The van der Waals surface area contributed by atoms with Gasteiger partial charge < -0.3 is 14.8 Å². The molecule has 6 nitrogen and oxygen atoms in total. The third-order valence-electron chi connectivity index (χ3n) is 1.53. The average molecular weight is 229 g/mol. The number of amides is 1. The zero-order valence-electron chi connectivity index (χ0n) is 9.10. The van der Waals surface area contributed by atoms with Crippen LogP contribution in [0, 0.1) is 0 Å². The molecule has 0 saturated carbocycles. The largest absolute Gasteiger partial charge is 0.463 e. The van der Waals surface area contributed by atoms with E-state index in [0.29, 0.717) is 19.1 Å². The summed E-state index contributed by atoms with van der Waals surface area (Å²) in [4.78, 5) is 31.3. The molecule has 0 fully saturated rings. The van der Waals surface area contributed by atoms with E-state index in [-0.39, 0.29) is 13.2 Å². The SMILES string of the molecule is CNC(=O)OCCCCOC(=O)C=CC=O. The minimum absolute atomic E-state index is 0.235. The Balaban J connectivity index is 3.33. The summed E-state index contributed by atoms with van der Waals surface area (Å²) < 4.78 is 9.45. The van der Waals surface area contributed by atoms with Crippen molar-refractivity contribution in [2.24, 2.45) is 0 Å². The Bertz CT molecular complexity index is 262. The van der Waals surface area contributed by atoms with E-state index in [1.165, 1.54) is 7.05 Å². The van der Waals surface area contributed by atoms with Crippen LogP contribution in [0.4, 0.5) is 4.79 Å². The van der Waals surface area contributed by atoms with Crippen molar-refractivity contribution in [2.75, 3.05) is 20.3 Å². The van der Waals surface area contributed by atoms with E-state index in [1.807, 2.05) is 0 Å². The van der Waals surface area contributed by atoms with Crippen LogP contribution in [-0.4, -0.2) is 38.6 Å². The molecular weight excluding hydrogens is 214 g/mol. The summed E-state index contributed by atoms with van der Waals surface area (Å²) in [6.45, 7) is 0.514. The summed E-state index contributed by atoms with van der Waals surface area (Å²) in [5, 5.41) is 2.31. The zero-order chi connectivity index (χ0) is 12.2. The van der Waals surface area contributed by atoms with Crippen LogP contribution in [0.25, 0.3) is 0 Å². The molecule has 6 heteroatoms. The molecule has 1 amide bonds. The van der Waals surface area contributed by atoms with Gasteiger partial charge in [0.25, 0.3) is 0 Å². The van der Waals surface area contributed by atoms with Gasteiger partial charge in [0.05, 0.1) is 13.2 Å². The first-order chi connectivity index (χ1) is 7.70. The summed E-state index contributed by atoms with van der Waals surface area (Å²) in [5.41, 5.74) is 0. The number of carbonyl (C=O) groups excluding carboxylic acids is 3. The Morgan fingerprint density at radius 2 is 1.81 bits per heavy atom. The van der Waals surface area contributed by atoms with Gasteiger partial charge in [0.1, 0.15) is 6.29 Å². The van der Waals surface area contributed by atoms with Gasteiger partial charge in [0.15, 0.2) is 0 Å². The van der Waals surface area contributed by atoms with Gasteiger partial charge >= 0.3 is 12.1 Å².